The molecule has 0 aliphatic heterocycles. The van der Waals surface area contributed by atoms with Gasteiger partial charge in [0.05, 0.1) is 5.02 Å². The van der Waals surface area contributed by atoms with E-state index < -0.39 is 0 Å². The zero-order valence-electron chi connectivity index (χ0n) is 9.21. The summed E-state index contributed by atoms with van der Waals surface area (Å²) in [7, 11) is 0. The Morgan fingerprint density at radius 2 is 2.13 bits per heavy atom. The number of hydrogen-bond donors (Lipinski definition) is 0. The zero-order chi connectivity index (χ0) is 11.3. The molecule has 1 atom stereocenters. The molecule has 0 aliphatic carbocycles. The van der Waals surface area contributed by atoms with Crippen molar-refractivity contribution in [3.63, 3.8) is 0 Å². The highest BCUT2D eigenvalue weighted by molar-refractivity contribution is 6.31. The first-order chi connectivity index (χ1) is 7.11. The summed E-state index contributed by atoms with van der Waals surface area (Å²) in [5, 5.41) is 1.03. The Morgan fingerprint density at radius 3 is 2.73 bits per heavy atom. The highest BCUT2D eigenvalue weighted by atomic mass is 35.5. The second-order valence-corrected chi connectivity index (χ2v) is 5.09. The number of pyridine rings is 1. The van der Waals surface area contributed by atoms with E-state index in [0.29, 0.717) is 5.92 Å². The van der Waals surface area contributed by atoms with Gasteiger partial charge in [-0.05, 0) is 36.8 Å². The average Bonchev–Trinajstić information content (AvgIpc) is 2.20. The van der Waals surface area contributed by atoms with Crippen LogP contribution in [0.5, 0.6) is 0 Å². The fourth-order valence-electron chi connectivity index (χ4n) is 1.43. The minimum absolute atomic E-state index is 0.269. The Labute approximate surface area is 102 Å². The fraction of sp³-hybridized carbons (Fsp3) is 0.583. The lowest BCUT2D eigenvalue weighted by Crippen LogP contribution is -2.07. The Balaban J connectivity index is 2.35. The summed E-state index contributed by atoms with van der Waals surface area (Å²) in [4.78, 5) is 3.96. The fourth-order valence-corrected chi connectivity index (χ4v) is 1.80. The first kappa shape index (κ1) is 12.8. The van der Waals surface area contributed by atoms with Crippen LogP contribution in [-0.2, 0) is 6.42 Å². The summed E-state index contributed by atoms with van der Waals surface area (Å²) >= 11 is 12.2. The normalized spacial score (nSPS) is 13.1. The summed E-state index contributed by atoms with van der Waals surface area (Å²) in [6, 6.07) is 1.97. The molecule has 0 saturated carbocycles. The minimum atomic E-state index is 0.269. The molecule has 0 aliphatic rings. The van der Waals surface area contributed by atoms with Crippen LogP contribution in [0.3, 0.4) is 0 Å². The molecule has 1 rings (SSSR count). The molecule has 0 radical (unpaired) electrons. The Hall–Kier alpha value is -0.270. The number of aryl methyl sites for hydroxylation is 1. The Kier molecular flexibility index (Phi) is 5.41. The van der Waals surface area contributed by atoms with Gasteiger partial charge in [-0.3, -0.25) is 4.98 Å². The maximum absolute atomic E-state index is 6.18. The molecule has 3 heteroatoms. The number of aromatic nitrogens is 1. The molecule has 0 bridgehead atoms. The molecule has 0 amide bonds. The third kappa shape index (κ3) is 4.40. The monoisotopic (exact) mass is 245 g/mol. The third-order valence-electron chi connectivity index (χ3n) is 2.51. The number of nitrogens with zero attached hydrogens (tertiary/aromatic N) is 1. The number of rotatable bonds is 5. The predicted octanol–water partition coefficient (Wildman–Crippen LogP) is 4.32. The predicted molar refractivity (Wildman–Crippen MR) is 66.7 cm³/mol. The lowest BCUT2D eigenvalue weighted by Gasteiger charge is -2.12. The van der Waals surface area contributed by atoms with Crippen LogP contribution in [0.25, 0.3) is 0 Å². The molecule has 0 fully saturated rings. The largest absolute Gasteiger partial charge is 0.263 e. The van der Waals surface area contributed by atoms with E-state index in [1.165, 1.54) is 5.56 Å². The van der Waals surface area contributed by atoms with Gasteiger partial charge < -0.3 is 0 Å². The quantitative estimate of drug-likeness (QED) is 0.705. The van der Waals surface area contributed by atoms with Gasteiger partial charge in [0.25, 0.3) is 0 Å². The Bertz CT molecular complexity index is 299. The van der Waals surface area contributed by atoms with Gasteiger partial charge in [0.15, 0.2) is 0 Å². The molecular formula is C12H17Cl2N. The minimum Gasteiger partial charge on any atom is -0.263 e. The SMILES string of the molecule is CC(C)C(Cl)CCCc1ccncc1Cl. The van der Waals surface area contributed by atoms with E-state index in [9.17, 15) is 0 Å². The van der Waals surface area contributed by atoms with Crippen molar-refractivity contribution in [3.05, 3.63) is 29.0 Å². The topological polar surface area (TPSA) is 12.9 Å². The standard InChI is InChI=1S/C12H17Cl2N/c1-9(2)11(13)5-3-4-10-6-7-15-8-12(10)14/h6-9,11H,3-5H2,1-2H3. The van der Waals surface area contributed by atoms with Crippen LogP contribution in [0, 0.1) is 5.92 Å². The van der Waals surface area contributed by atoms with Gasteiger partial charge in [-0.25, -0.2) is 0 Å². The highest BCUT2D eigenvalue weighted by Crippen LogP contribution is 2.20. The van der Waals surface area contributed by atoms with Gasteiger partial charge in [-0.15, -0.1) is 11.6 Å². The van der Waals surface area contributed by atoms with Crippen LogP contribution in [-0.4, -0.2) is 10.4 Å². The first-order valence-electron chi connectivity index (χ1n) is 5.33. The van der Waals surface area contributed by atoms with Gasteiger partial charge in [-0.1, -0.05) is 25.4 Å². The first-order valence-corrected chi connectivity index (χ1v) is 6.15. The molecule has 15 heavy (non-hydrogen) atoms. The highest BCUT2D eigenvalue weighted by Gasteiger charge is 2.09. The summed E-state index contributed by atoms with van der Waals surface area (Å²) < 4.78 is 0. The van der Waals surface area contributed by atoms with Crippen molar-refractivity contribution in [1.29, 1.82) is 0 Å². The number of hydrogen-bond acceptors (Lipinski definition) is 1. The van der Waals surface area contributed by atoms with Gasteiger partial charge in [0.2, 0.25) is 0 Å². The summed E-state index contributed by atoms with van der Waals surface area (Å²) in [6.45, 7) is 4.30. The molecular weight excluding hydrogens is 229 g/mol. The van der Waals surface area contributed by atoms with Gasteiger partial charge >= 0.3 is 0 Å². The molecule has 0 aromatic carbocycles. The molecule has 0 N–H and O–H groups in total. The second-order valence-electron chi connectivity index (χ2n) is 4.12. The summed E-state index contributed by atoms with van der Waals surface area (Å²) in [5.41, 5.74) is 1.17. The van der Waals surface area contributed by atoms with Crippen molar-refractivity contribution in [2.24, 2.45) is 5.92 Å². The van der Waals surface area contributed by atoms with Gasteiger partial charge in [-0.2, -0.15) is 0 Å². The van der Waals surface area contributed by atoms with Gasteiger partial charge in [0.1, 0.15) is 0 Å². The molecule has 1 heterocycles. The van der Waals surface area contributed by atoms with Crippen LogP contribution in [0.15, 0.2) is 18.5 Å². The maximum atomic E-state index is 6.18. The van der Waals surface area contributed by atoms with Crippen LogP contribution in [0.1, 0.15) is 32.3 Å². The molecule has 1 unspecified atom stereocenters. The van der Waals surface area contributed by atoms with E-state index in [0.717, 1.165) is 24.3 Å². The molecule has 0 spiro atoms. The van der Waals surface area contributed by atoms with Crippen LogP contribution in [0.4, 0.5) is 0 Å². The zero-order valence-corrected chi connectivity index (χ0v) is 10.7. The van der Waals surface area contributed by atoms with Crippen LogP contribution >= 0.6 is 23.2 Å². The van der Waals surface area contributed by atoms with Crippen molar-refractivity contribution in [2.45, 2.75) is 38.5 Å². The van der Waals surface area contributed by atoms with Crippen molar-refractivity contribution >= 4 is 23.2 Å². The number of alkyl halides is 1. The Morgan fingerprint density at radius 1 is 1.40 bits per heavy atom. The molecule has 84 valence electrons. The molecule has 1 aromatic rings. The van der Waals surface area contributed by atoms with Crippen LogP contribution in [0.2, 0.25) is 5.02 Å². The molecule has 0 saturated heterocycles. The van der Waals surface area contributed by atoms with Crippen molar-refractivity contribution < 1.29 is 0 Å². The van der Waals surface area contributed by atoms with Crippen molar-refractivity contribution in [3.8, 4) is 0 Å². The summed E-state index contributed by atoms with van der Waals surface area (Å²) in [5.74, 6) is 0.541. The van der Waals surface area contributed by atoms with E-state index in [-0.39, 0.29) is 5.38 Å². The molecule has 1 aromatic heterocycles. The maximum Gasteiger partial charge on any atom is 0.0621 e. The average molecular weight is 246 g/mol. The van der Waals surface area contributed by atoms with E-state index in [2.05, 4.69) is 18.8 Å². The third-order valence-corrected chi connectivity index (χ3v) is 3.57. The number of halogens is 2. The second kappa shape index (κ2) is 6.34. The lowest BCUT2D eigenvalue weighted by molar-refractivity contribution is 0.547. The lowest BCUT2D eigenvalue weighted by atomic mass is 10.0. The van der Waals surface area contributed by atoms with Crippen molar-refractivity contribution in [2.75, 3.05) is 0 Å². The van der Waals surface area contributed by atoms with E-state index in [4.69, 9.17) is 23.2 Å². The smallest absolute Gasteiger partial charge is 0.0621 e. The summed E-state index contributed by atoms with van der Waals surface area (Å²) in [6.07, 6.45) is 6.57. The van der Waals surface area contributed by atoms with Gasteiger partial charge in [0, 0.05) is 17.8 Å². The van der Waals surface area contributed by atoms with Crippen molar-refractivity contribution in [1.82, 2.24) is 4.98 Å². The van der Waals surface area contributed by atoms with E-state index >= 15 is 0 Å². The van der Waals surface area contributed by atoms with Crippen LogP contribution < -0.4 is 0 Å². The van der Waals surface area contributed by atoms with E-state index in [1.54, 1.807) is 12.4 Å². The van der Waals surface area contributed by atoms with E-state index in [1.807, 2.05) is 6.07 Å². The molecule has 1 nitrogen and oxygen atoms in total.